The summed E-state index contributed by atoms with van der Waals surface area (Å²) in [6, 6.07) is 16.1. The van der Waals surface area contributed by atoms with Crippen LogP contribution in [0.15, 0.2) is 64.4 Å². The lowest BCUT2D eigenvalue weighted by atomic mass is 9.97. The van der Waals surface area contributed by atoms with Crippen LogP contribution in [0.1, 0.15) is 29.6 Å². The second-order valence-electron chi connectivity index (χ2n) is 7.47. The summed E-state index contributed by atoms with van der Waals surface area (Å²) in [5.74, 6) is -0.00899. The third-order valence-electron chi connectivity index (χ3n) is 5.37. The smallest absolute Gasteiger partial charge is 0.339 e. The van der Waals surface area contributed by atoms with Crippen LogP contribution in [0.5, 0.6) is 0 Å². The molecule has 1 heterocycles. The van der Waals surface area contributed by atoms with E-state index in [0.29, 0.717) is 19.4 Å². The molecule has 1 aliphatic rings. The molecular weight excluding hydrogens is 448 g/mol. The lowest BCUT2D eigenvalue weighted by Gasteiger charge is -2.31. The normalized spacial score (nSPS) is 15.3. The van der Waals surface area contributed by atoms with Crippen molar-refractivity contribution in [3.05, 3.63) is 60.2 Å². The molecule has 0 bridgehead atoms. The predicted molar refractivity (Wildman–Crippen MR) is 124 cm³/mol. The highest BCUT2D eigenvalue weighted by atomic mass is 32.2. The maximum absolute atomic E-state index is 13.1. The first kappa shape index (κ1) is 24.3. The third kappa shape index (κ3) is 6.11. The molecule has 0 saturated carbocycles. The van der Waals surface area contributed by atoms with Gasteiger partial charge in [0, 0.05) is 30.4 Å². The number of esters is 1. The fourth-order valence-corrected chi connectivity index (χ4v) is 6.13. The Labute approximate surface area is 193 Å². The quantitative estimate of drug-likeness (QED) is 0.340. The van der Waals surface area contributed by atoms with Gasteiger partial charge >= 0.3 is 5.97 Å². The molecule has 9 heteroatoms. The van der Waals surface area contributed by atoms with E-state index >= 15 is 0 Å². The van der Waals surface area contributed by atoms with E-state index in [9.17, 15) is 18.0 Å². The number of hydrogen-bond acceptors (Lipinski definition) is 6. The van der Waals surface area contributed by atoms with E-state index in [1.807, 2.05) is 18.2 Å². The van der Waals surface area contributed by atoms with Crippen molar-refractivity contribution in [2.24, 2.45) is 5.92 Å². The highest BCUT2D eigenvalue weighted by Gasteiger charge is 2.34. The second kappa shape index (κ2) is 11.5. The Balaban J connectivity index is 1.47. The van der Waals surface area contributed by atoms with Gasteiger partial charge in [-0.15, -0.1) is 11.8 Å². The molecule has 0 atom stereocenters. The number of ether oxygens (including phenoxy) is 1. The molecule has 2 aromatic carbocycles. The van der Waals surface area contributed by atoms with Crippen LogP contribution in [-0.4, -0.2) is 57.1 Å². The number of rotatable bonds is 9. The van der Waals surface area contributed by atoms with Crippen LogP contribution < -0.4 is 5.32 Å². The van der Waals surface area contributed by atoms with Gasteiger partial charge in [-0.2, -0.15) is 4.31 Å². The number of carbonyl (C=O) groups is 2. The number of amides is 1. The van der Waals surface area contributed by atoms with Gasteiger partial charge in [-0.05, 0) is 49.3 Å². The Hall–Kier alpha value is -2.36. The summed E-state index contributed by atoms with van der Waals surface area (Å²) in [5.41, 5.74) is 0.0169. The average molecular weight is 477 g/mol. The van der Waals surface area contributed by atoms with Gasteiger partial charge in [0.25, 0.3) is 0 Å². The lowest BCUT2D eigenvalue weighted by Crippen LogP contribution is -2.43. The molecule has 0 radical (unpaired) electrons. The summed E-state index contributed by atoms with van der Waals surface area (Å²) in [4.78, 5) is 25.6. The second-order valence-corrected chi connectivity index (χ2v) is 10.5. The van der Waals surface area contributed by atoms with Crippen LogP contribution >= 0.6 is 11.8 Å². The van der Waals surface area contributed by atoms with Crippen LogP contribution in [0.3, 0.4) is 0 Å². The minimum absolute atomic E-state index is 0.0169. The number of carbonyl (C=O) groups excluding carboxylic acids is 2. The zero-order valence-electron chi connectivity index (χ0n) is 18.0. The van der Waals surface area contributed by atoms with Crippen molar-refractivity contribution in [2.45, 2.75) is 29.1 Å². The summed E-state index contributed by atoms with van der Waals surface area (Å²) < 4.78 is 32.2. The highest BCUT2D eigenvalue weighted by molar-refractivity contribution is 7.99. The minimum Gasteiger partial charge on any atom is -0.465 e. The molecule has 0 aromatic heterocycles. The van der Waals surface area contributed by atoms with Crippen LogP contribution in [0.4, 0.5) is 0 Å². The molecule has 1 amide bonds. The van der Waals surface area contributed by atoms with Gasteiger partial charge in [0.2, 0.25) is 15.9 Å². The molecule has 32 heavy (non-hydrogen) atoms. The Bertz CT molecular complexity index is 1020. The SMILES string of the molecule is COC(=O)c1ccccc1S(=O)(=O)N1CCC(C(=O)NCCCSc2ccccc2)CC1. The van der Waals surface area contributed by atoms with Crippen molar-refractivity contribution in [1.29, 1.82) is 0 Å². The van der Waals surface area contributed by atoms with E-state index in [1.54, 1.807) is 23.9 Å². The first-order chi connectivity index (χ1) is 15.4. The van der Waals surface area contributed by atoms with Crippen LogP contribution in [0.25, 0.3) is 0 Å². The number of nitrogens with one attached hydrogen (secondary N) is 1. The molecule has 172 valence electrons. The number of piperidine rings is 1. The summed E-state index contributed by atoms with van der Waals surface area (Å²) in [5, 5.41) is 2.97. The predicted octanol–water partition coefficient (Wildman–Crippen LogP) is 3.17. The topological polar surface area (TPSA) is 92.8 Å². The van der Waals surface area contributed by atoms with Gasteiger partial charge in [-0.25, -0.2) is 13.2 Å². The van der Waals surface area contributed by atoms with Crippen molar-refractivity contribution in [1.82, 2.24) is 9.62 Å². The monoisotopic (exact) mass is 476 g/mol. The molecule has 1 N–H and O–H groups in total. The van der Waals surface area contributed by atoms with Crippen molar-refractivity contribution in [2.75, 3.05) is 32.5 Å². The first-order valence-corrected chi connectivity index (χ1v) is 13.0. The summed E-state index contributed by atoms with van der Waals surface area (Å²) >= 11 is 1.76. The van der Waals surface area contributed by atoms with Gasteiger partial charge in [-0.1, -0.05) is 30.3 Å². The zero-order valence-corrected chi connectivity index (χ0v) is 19.7. The number of nitrogens with zero attached hydrogens (tertiary/aromatic N) is 1. The molecule has 3 rings (SSSR count). The number of thioether (sulfide) groups is 1. The molecule has 0 spiro atoms. The first-order valence-electron chi connectivity index (χ1n) is 10.6. The largest absolute Gasteiger partial charge is 0.465 e. The van der Waals surface area contributed by atoms with E-state index in [1.165, 1.54) is 28.4 Å². The van der Waals surface area contributed by atoms with Gasteiger partial charge in [0.15, 0.2) is 0 Å². The van der Waals surface area contributed by atoms with E-state index in [2.05, 4.69) is 17.4 Å². The van der Waals surface area contributed by atoms with E-state index in [4.69, 9.17) is 4.74 Å². The van der Waals surface area contributed by atoms with E-state index < -0.39 is 16.0 Å². The Morgan fingerprint density at radius 1 is 1.06 bits per heavy atom. The Kier molecular flexibility index (Phi) is 8.72. The van der Waals surface area contributed by atoms with Crippen molar-refractivity contribution in [3.63, 3.8) is 0 Å². The Morgan fingerprint density at radius 3 is 2.41 bits per heavy atom. The molecule has 0 unspecified atom stereocenters. The standard InChI is InChI=1S/C23H28N2O5S2/c1-30-23(27)20-10-5-6-11-21(20)32(28,29)25-15-12-18(13-16-25)22(26)24-14-7-17-31-19-8-3-2-4-9-19/h2-6,8-11,18H,7,12-17H2,1H3,(H,24,26). The highest BCUT2D eigenvalue weighted by Crippen LogP contribution is 2.26. The summed E-state index contributed by atoms with van der Waals surface area (Å²) in [7, 11) is -2.63. The fourth-order valence-electron chi connectivity index (χ4n) is 3.60. The van der Waals surface area contributed by atoms with Gasteiger partial charge in [0.1, 0.15) is 0 Å². The van der Waals surface area contributed by atoms with Gasteiger partial charge in [0.05, 0.1) is 17.6 Å². The van der Waals surface area contributed by atoms with Crippen LogP contribution in [-0.2, 0) is 19.6 Å². The lowest BCUT2D eigenvalue weighted by molar-refractivity contribution is -0.126. The van der Waals surface area contributed by atoms with Crippen molar-refractivity contribution >= 4 is 33.7 Å². The van der Waals surface area contributed by atoms with E-state index in [0.717, 1.165) is 12.2 Å². The maximum atomic E-state index is 13.1. The molecule has 7 nitrogen and oxygen atoms in total. The fraction of sp³-hybridized carbons (Fsp3) is 0.391. The third-order valence-corrected chi connectivity index (χ3v) is 8.42. The molecule has 0 aliphatic carbocycles. The summed E-state index contributed by atoms with van der Waals surface area (Å²) in [6.07, 6.45) is 1.76. The average Bonchev–Trinajstić information content (AvgIpc) is 2.84. The van der Waals surface area contributed by atoms with Crippen molar-refractivity contribution in [3.8, 4) is 0 Å². The van der Waals surface area contributed by atoms with Crippen LogP contribution in [0, 0.1) is 5.92 Å². The van der Waals surface area contributed by atoms with Gasteiger partial charge < -0.3 is 10.1 Å². The van der Waals surface area contributed by atoms with Crippen molar-refractivity contribution < 1.29 is 22.7 Å². The van der Waals surface area contributed by atoms with Gasteiger partial charge in [-0.3, -0.25) is 4.79 Å². The Morgan fingerprint density at radius 2 is 1.72 bits per heavy atom. The number of hydrogen-bond donors (Lipinski definition) is 1. The molecule has 2 aromatic rings. The minimum atomic E-state index is -3.85. The summed E-state index contributed by atoms with van der Waals surface area (Å²) in [6.45, 7) is 1.07. The number of benzene rings is 2. The van der Waals surface area contributed by atoms with E-state index in [-0.39, 0.29) is 35.4 Å². The van der Waals surface area contributed by atoms with Crippen LogP contribution in [0.2, 0.25) is 0 Å². The zero-order chi connectivity index (χ0) is 23.0. The number of sulfonamides is 1. The molecular formula is C23H28N2O5S2. The molecule has 1 aliphatic heterocycles. The maximum Gasteiger partial charge on any atom is 0.339 e. The molecule has 1 saturated heterocycles. The molecule has 1 fully saturated rings. The number of methoxy groups -OCH3 is 1.